The molecule has 0 radical (unpaired) electrons. The summed E-state index contributed by atoms with van der Waals surface area (Å²) in [5.74, 6) is -0.544. The van der Waals surface area contributed by atoms with E-state index in [0.717, 1.165) is 36.0 Å². The fourth-order valence-corrected chi connectivity index (χ4v) is 4.05. The SMILES string of the molecule is CN=C(NCCc1csc(N2CCCC2)n1)NCc1ccc(F)cc1C(F)(F)F.I. The molecule has 0 spiro atoms. The van der Waals surface area contributed by atoms with Gasteiger partial charge in [0.05, 0.1) is 11.3 Å². The second-order valence-corrected chi connectivity index (χ2v) is 7.55. The molecule has 3 rings (SSSR count). The average molecular weight is 557 g/mol. The van der Waals surface area contributed by atoms with Crippen LogP contribution in [-0.4, -0.2) is 37.6 Å². The van der Waals surface area contributed by atoms with Gasteiger partial charge >= 0.3 is 6.18 Å². The summed E-state index contributed by atoms with van der Waals surface area (Å²) in [4.78, 5) is 10.9. The molecule has 2 heterocycles. The first-order chi connectivity index (χ1) is 13.9. The second kappa shape index (κ2) is 11.1. The molecule has 1 aromatic carbocycles. The van der Waals surface area contributed by atoms with Crippen molar-refractivity contribution in [2.75, 3.05) is 31.6 Å². The van der Waals surface area contributed by atoms with Crippen LogP contribution in [-0.2, 0) is 19.1 Å². The minimum Gasteiger partial charge on any atom is -0.356 e. The first kappa shape index (κ1) is 24.6. The number of halogens is 5. The largest absolute Gasteiger partial charge is 0.416 e. The van der Waals surface area contributed by atoms with E-state index in [0.29, 0.717) is 25.0 Å². The minimum absolute atomic E-state index is 0. The molecule has 1 aromatic heterocycles. The maximum atomic E-state index is 13.2. The number of alkyl halides is 3. The number of nitrogens with one attached hydrogen (secondary N) is 2. The van der Waals surface area contributed by atoms with Gasteiger partial charge in [-0.2, -0.15) is 13.2 Å². The third kappa shape index (κ3) is 6.69. The first-order valence-corrected chi connectivity index (χ1v) is 10.2. The highest BCUT2D eigenvalue weighted by Crippen LogP contribution is 2.32. The lowest BCUT2D eigenvalue weighted by Gasteiger charge is -2.16. The van der Waals surface area contributed by atoms with Gasteiger partial charge in [0.1, 0.15) is 5.82 Å². The van der Waals surface area contributed by atoms with Gasteiger partial charge in [0, 0.05) is 45.0 Å². The zero-order chi connectivity index (χ0) is 20.9. The van der Waals surface area contributed by atoms with Crippen LogP contribution in [0.25, 0.3) is 0 Å². The molecule has 0 bridgehead atoms. The van der Waals surface area contributed by atoms with Gasteiger partial charge in [0.15, 0.2) is 11.1 Å². The first-order valence-electron chi connectivity index (χ1n) is 9.36. The summed E-state index contributed by atoms with van der Waals surface area (Å²) in [6.07, 6.45) is -1.55. The van der Waals surface area contributed by atoms with Crippen LogP contribution in [0, 0.1) is 5.82 Å². The van der Waals surface area contributed by atoms with E-state index < -0.39 is 17.6 Å². The van der Waals surface area contributed by atoms with E-state index in [9.17, 15) is 17.6 Å². The van der Waals surface area contributed by atoms with Gasteiger partial charge in [0.2, 0.25) is 0 Å². The number of aromatic nitrogens is 1. The predicted octanol–water partition coefficient (Wildman–Crippen LogP) is 4.43. The Morgan fingerprint density at radius 3 is 2.63 bits per heavy atom. The molecular formula is C19H24F4IN5S. The molecule has 1 saturated heterocycles. The number of anilines is 1. The number of hydrogen-bond donors (Lipinski definition) is 2. The lowest BCUT2D eigenvalue weighted by molar-refractivity contribution is -0.138. The van der Waals surface area contributed by atoms with Gasteiger partial charge < -0.3 is 15.5 Å². The van der Waals surface area contributed by atoms with E-state index in [1.807, 2.05) is 5.38 Å². The van der Waals surface area contributed by atoms with Gasteiger partial charge in [-0.25, -0.2) is 9.37 Å². The summed E-state index contributed by atoms with van der Waals surface area (Å²) in [5.41, 5.74) is -0.0632. The van der Waals surface area contributed by atoms with E-state index >= 15 is 0 Å². The van der Waals surface area contributed by atoms with Gasteiger partial charge in [-0.3, -0.25) is 4.99 Å². The van der Waals surface area contributed by atoms with Crippen LogP contribution in [0.3, 0.4) is 0 Å². The van der Waals surface area contributed by atoms with Crippen molar-refractivity contribution in [1.29, 1.82) is 0 Å². The predicted molar refractivity (Wildman–Crippen MR) is 122 cm³/mol. The van der Waals surface area contributed by atoms with Crippen molar-refractivity contribution >= 4 is 46.4 Å². The standard InChI is InChI=1S/C19H23F4N5S.HI/c1-24-17(26-11-13-4-5-14(20)10-16(13)19(21,22)23)25-7-6-15-12-29-18(27-15)28-8-2-3-9-28;/h4-5,10,12H,2-3,6-9,11H2,1H3,(H2,24,25,26);1H. The molecule has 0 unspecified atom stereocenters. The Bertz CT molecular complexity index is 850. The molecule has 30 heavy (non-hydrogen) atoms. The van der Waals surface area contributed by atoms with E-state index in [1.165, 1.54) is 12.8 Å². The zero-order valence-electron chi connectivity index (χ0n) is 16.4. The number of benzene rings is 1. The summed E-state index contributed by atoms with van der Waals surface area (Å²) >= 11 is 1.63. The molecule has 5 nitrogen and oxygen atoms in total. The smallest absolute Gasteiger partial charge is 0.356 e. The molecule has 0 saturated carbocycles. The van der Waals surface area contributed by atoms with Crippen molar-refractivity contribution in [3.63, 3.8) is 0 Å². The van der Waals surface area contributed by atoms with E-state index in [2.05, 4.69) is 25.5 Å². The summed E-state index contributed by atoms with van der Waals surface area (Å²) in [5, 5.41) is 8.98. The molecule has 166 valence electrons. The Hall–Kier alpha value is -1.63. The fourth-order valence-electron chi connectivity index (χ4n) is 3.14. The summed E-state index contributed by atoms with van der Waals surface area (Å²) in [7, 11) is 1.54. The summed E-state index contributed by atoms with van der Waals surface area (Å²) in [6, 6.07) is 2.66. The molecule has 1 fully saturated rings. The third-order valence-electron chi connectivity index (χ3n) is 4.64. The van der Waals surface area contributed by atoms with Crippen LogP contribution < -0.4 is 15.5 Å². The van der Waals surface area contributed by atoms with Crippen molar-refractivity contribution < 1.29 is 17.6 Å². The lowest BCUT2D eigenvalue weighted by atomic mass is 10.1. The topological polar surface area (TPSA) is 52.6 Å². The van der Waals surface area contributed by atoms with E-state index in [4.69, 9.17) is 0 Å². The van der Waals surface area contributed by atoms with Crippen LogP contribution >= 0.6 is 35.3 Å². The summed E-state index contributed by atoms with van der Waals surface area (Å²) in [6.45, 7) is 2.51. The average Bonchev–Trinajstić information content (AvgIpc) is 3.36. The highest BCUT2D eigenvalue weighted by molar-refractivity contribution is 14.0. The van der Waals surface area contributed by atoms with Crippen LogP contribution in [0.4, 0.5) is 22.7 Å². The maximum absolute atomic E-state index is 13.2. The quantitative estimate of drug-likeness (QED) is 0.239. The van der Waals surface area contributed by atoms with Crippen LogP contribution in [0.1, 0.15) is 29.7 Å². The van der Waals surface area contributed by atoms with Gasteiger partial charge in [0.25, 0.3) is 0 Å². The van der Waals surface area contributed by atoms with Crippen molar-refractivity contribution in [3.05, 3.63) is 46.2 Å². The van der Waals surface area contributed by atoms with Gasteiger partial charge in [-0.1, -0.05) is 6.07 Å². The van der Waals surface area contributed by atoms with Gasteiger partial charge in [-0.05, 0) is 30.5 Å². The molecule has 1 aliphatic heterocycles. The van der Waals surface area contributed by atoms with Crippen molar-refractivity contribution in [1.82, 2.24) is 15.6 Å². The van der Waals surface area contributed by atoms with Crippen LogP contribution in [0.15, 0.2) is 28.6 Å². The molecule has 0 atom stereocenters. The normalized spacial score (nSPS) is 14.6. The third-order valence-corrected chi connectivity index (χ3v) is 5.59. The molecular weight excluding hydrogens is 533 g/mol. The number of nitrogens with zero attached hydrogens (tertiary/aromatic N) is 3. The Morgan fingerprint density at radius 2 is 1.97 bits per heavy atom. The molecule has 2 N–H and O–H groups in total. The highest BCUT2D eigenvalue weighted by atomic mass is 127. The summed E-state index contributed by atoms with van der Waals surface area (Å²) < 4.78 is 52.5. The number of thiazole rings is 1. The van der Waals surface area contributed by atoms with Crippen molar-refractivity contribution in [3.8, 4) is 0 Å². The minimum atomic E-state index is -4.62. The van der Waals surface area contributed by atoms with Crippen molar-refractivity contribution in [2.45, 2.75) is 32.0 Å². The fraction of sp³-hybridized carbons (Fsp3) is 0.474. The Labute approximate surface area is 194 Å². The second-order valence-electron chi connectivity index (χ2n) is 6.72. The Kier molecular flexibility index (Phi) is 9.13. The number of hydrogen-bond acceptors (Lipinski definition) is 4. The number of aliphatic imine (C=N–C) groups is 1. The Morgan fingerprint density at radius 1 is 1.23 bits per heavy atom. The van der Waals surface area contributed by atoms with Gasteiger partial charge in [-0.15, -0.1) is 35.3 Å². The molecule has 11 heteroatoms. The monoisotopic (exact) mass is 557 g/mol. The van der Waals surface area contributed by atoms with E-state index in [1.54, 1.807) is 18.4 Å². The molecule has 1 aliphatic rings. The Balaban J connectivity index is 0.00000320. The highest BCUT2D eigenvalue weighted by Gasteiger charge is 2.33. The zero-order valence-corrected chi connectivity index (χ0v) is 19.6. The van der Waals surface area contributed by atoms with Crippen molar-refractivity contribution in [2.24, 2.45) is 4.99 Å². The lowest BCUT2D eigenvalue weighted by Crippen LogP contribution is -2.38. The molecule has 0 aliphatic carbocycles. The number of guanidine groups is 1. The van der Waals surface area contributed by atoms with Crippen LogP contribution in [0.2, 0.25) is 0 Å². The van der Waals surface area contributed by atoms with E-state index in [-0.39, 0.29) is 36.1 Å². The molecule has 2 aromatic rings. The number of rotatable bonds is 6. The maximum Gasteiger partial charge on any atom is 0.416 e. The van der Waals surface area contributed by atoms with Crippen LogP contribution in [0.5, 0.6) is 0 Å². The molecule has 0 amide bonds.